The number of nitrogens with one attached hydrogen (secondary N) is 2. The number of aliphatic hydroxyl groups is 1. The molecule has 2 aliphatic rings. The monoisotopic (exact) mass is 388 g/mol. The largest absolute Gasteiger partial charge is 0.391 e. The minimum absolute atomic E-state index is 0.0201. The number of hydrogen-bond donors (Lipinski definition) is 4. The van der Waals surface area contributed by atoms with E-state index in [2.05, 4.69) is 10.6 Å². The number of hydrogen-bond acceptors (Lipinski definition) is 5. The van der Waals surface area contributed by atoms with E-state index in [9.17, 15) is 24.3 Å². The molecule has 9 heteroatoms. The highest BCUT2D eigenvalue weighted by molar-refractivity contribution is 5.95. The van der Waals surface area contributed by atoms with Crippen LogP contribution < -0.4 is 16.4 Å². The summed E-state index contributed by atoms with van der Waals surface area (Å²) >= 11 is 0. The number of primary amides is 1. The quantitative estimate of drug-likeness (QED) is 0.466. The van der Waals surface area contributed by atoms with Crippen molar-refractivity contribution in [3.8, 4) is 0 Å². The Labute approximate surface area is 162 Å². The summed E-state index contributed by atoms with van der Waals surface area (Å²) < 4.78 is 0. The lowest BCUT2D eigenvalue weighted by Gasteiger charge is -2.28. The lowest BCUT2D eigenvalue weighted by Crippen LogP contribution is -2.56. The minimum atomic E-state index is -0.945. The van der Waals surface area contributed by atoms with Crippen LogP contribution >= 0.6 is 0 Å². The second-order valence-corrected chi connectivity index (χ2v) is 7.21. The molecule has 4 atom stereocenters. The molecule has 0 aromatic heterocycles. The van der Waals surface area contributed by atoms with Gasteiger partial charge < -0.3 is 26.4 Å². The maximum absolute atomic E-state index is 13.1. The number of nitrogens with two attached hydrogens (primary N) is 1. The molecule has 1 unspecified atom stereocenters. The molecular weight excluding hydrogens is 364 g/mol. The molecule has 2 saturated heterocycles. The Kier molecular flexibility index (Phi) is 5.93. The molecule has 0 spiro atoms. The normalized spacial score (nSPS) is 25.2. The number of benzene rings is 1. The molecular formula is C19H24N4O5. The van der Waals surface area contributed by atoms with Gasteiger partial charge in [-0.05, 0) is 12.0 Å². The topological polar surface area (TPSA) is 142 Å². The van der Waals surface area contributed by atoms with Crippen LogP contribution in [0.25, 0.3) is 0 Å². The highest BCUT2D eigenvalue weighted by Gasteiger charge is 2.41. The average Bonchev–Trinajstić information content (AvgIpc) is 3.27. The van der Waals surface area contributed by atoms with Crippen LogP contribution in [0.3, 0.4) is 0 Å². The first kappa shape index (κ1) is 19.8. The van der Waals surface area contributed by atoms with Crippen LogP contribution in [-0.2, 0) is 25.6 Å². The molecule has 5 N–H and O–H groups in total. The summed E-state index contributed by atoms with van der Waals surface area (Å²) in [7, 11) is 0. The van der Waals surface area contributed by atoms with Crippen molar-refractivity contribution in [2.75, 3.05) is 6.54 Å². The van der Waals surface area contributed by atoms with Gasteiger partial charge in [-0.2, -0.15) is 0 Å². The molecule has 4 amide bonds. The van der Waals surface area contributed by atoms with Crippen LogP contribution in [0.5, 0.6) is 0 Å². The fraction of sp³-hybridized carbons (Fsp3) is 0.474. The van der Waals surface area contributed by atoms with E-state index >= 15 is 0 Å². The van der Waals surface area contributed by atoms with Crippen molar-refractivity contribution in [1.29, 1.82) is 0 Å². The third-order valence-electron chi connectivity index (χ3n) is 5.10. The second kappa shape index (κ2) is 8.39. The van der Waals surface area contributed by atoms with E-state index in [0.717, 1.165) is 5.56 Å². The average molecular weight is 388 g/mol. The second-order valence-electron chi connectivity index (χ2n) is 7.21. The number of amides is 4. The Morgan fingerprint density at radius 3 is 2.61 bits per heavy atom. The summed E-state index contributed by atoms with van der Waals surface area (Å²) in [5.74, 6) is -1.84. The van der Waals surface area contributed by atoms with E-state index in [1.54, 1.807) is 0 Å². The molecule has 0 aliphatic carbocycles. The summed E-state index contributed by atoms with van der Waals surface area (Å²) in [6.45, 7) is -0.0201. The SMILES string of the molecule is NC(=O)[C@@H]1CC(O)CN1C(=O)[C@H](Cc1ccccc1)NC(=O)[C@@H]1CCC(=O)N1. The molecule has 3 rings (SSSR count). The molecule has 0 radical (unpaired) electrons. The lowest BCUT2D eigenvalue weighted by atomic mass is 10.0. The van der Waals surface area contributed by atoms with Gasteiger partial charge in [0.2, 0.25) is 23.6 Å². The third-order valence-corrected chi connectivity index (χ3v) is 5.10. The van der Waals surface area contributed by atoms with Crippen molar-refractivity contribution < 1.29 is 24.3 Å². The first-order chi connectivity index (χ1) is 13.3. The Bertz CT molecular complexity index is 769. The minimum Gasteiger partial charge on any atom is -0.391 e. The molecule has 1 aromatic carbocycles. The van der Waals surface area contributed by atoms with E-state index in [1.807, 2.05) is 30.3 Å². The first-order valence-corrected chi connectivity index (χ1v) is 9.26. The van der Waals surface area contributed by atoms with Crippen LogP contribution in [0.4, 0.5) is 0 Å². The Hall–Kier alpha value is -2.94. The van der Waals surface area contributed by atoms with Gasteiger partial charge in [-0.25, -0.2) is 0 Å². The molecule has 0 saturated carbocycles. The van der Waals surface area contributed by atoms with Crippen LogP contribution in [0.1, 0.15) is 24.8 Å². The summed E-state index contributed by atoms with van der Waals surface area (Å²) in [4.78, 5) is 50.0. The molecule has 2 heterocycles. The number of likely N-dealkylation sites (tertiary alicyclic amines) is 1. The summed E-state index contributed by atoms with van der Waals surface area (Å²) in [6.07, 6.45) is 0.0695. The van der Waals surface area contributed by atoms with E-state index < -0.39 is 42.0 Å². The van der Waals surface area contributed by atoms with Gasteiger partial charge in [0.15, 0.2) is 0 Å². The lowest BCUT2D eigenvalue weighted by molar-refractivity contribution is -0.141. The van der Waals surface area contributed by atoms with Crippen LogP contribution in [0, 0.1) is 0 Å². The fourth-order valence-electron chi connectivity index (χ4n) is 3.66. The molecule has 9 nitrogen and oxygen atoms in total. The summed E-state index contributed by atoms with van der Waals surface area (Å²) in [6, 6.07) is 6.59. The van der Waals surface area contributed by atoms with Gasteiger partial charge in [-0.15, -0.1) is 0 Å². The maximum atomic E-state index is 13.1. The van der Waals surface area contributed by atoms with Crippen molar-refractivity contribution in [2.45, 2.75) is 49.9 Å². The van der Waals surface area contributed by atoms with Gasteiger partial charge in [0.25, 0.3) is 0 Å². The predicted molar refractivity (Wildman–Crippen MR) is 98.6 cm³/mol. The van der Waals surface area contributed by atoms with Crippen LogP contribution in [0.2, 0.25) is 0 Å². The third kappa shape index (κ3) is 4.48. The van der Waals surface area contributed by atoms with E-state index in [1.165, 1.54) is 4.90 Å². The molecule has 2 aliphatic heterocycles. The summed E-state index contributed by atoms with van der Waals surface area (Å²) in [5, 5.41) is 15.2. The van der Waals surface area contributed by atoms with E-state index in [4.69, 9.17) is 5.73 Å². The molecule has 2 fully saturated rings. The highest BCUT2D eigenvalue weighted by Crippen LogP contribution is 2.20. The molecule has 1 aromatic rings. The smallest absolute Gasteiger partial charge is 0.246 e. The Morgan fingerprint density at radius 2 is 2.00 bits per heavy atom. The van der Waals surface area contributed by atoms with Crippen LogP contribution in [-0.4, -0.2) is 64.4 Å². The van der Waals surface area contributed by atoms with Crippen molar-refractivity contribution in [2.24, 2.45) is 5.73 Å². The van der Waals surface area contributed by atoms with Gasteiger partial charge in [0, 0.05) is 25.8 Å². The number of rotatable bonds is 6. The van der Waals surface area contributed by atoms with E-state index in [0.29, 0.717) is 6.42 Å². The van der Waals surface area contributed by atoms with Crippen LogP contribution in [0.15, 0.2) is 30.3 Å². The number of aliphatic hydroxyl groups excluding tert-OH is 1. The van der Waals surface area contributed by atoms with Crippen molar-refractivity contribution in [1.82, 2.24) is 15.5 Å². The summed E-state index contributed by atoms with van der Waals surface area (Å²) in [5.41, 5.74) is 6.20. The maximum Gasteiger partial charge on any atom is 0.246 e. The standard InChI is InChI=1S/C19H24N4O5/c20-17(26)15-9-12(24)10-23(15)19(28)14(8-11-4-2-1-3-5-11)22-18(27)13-6-7-16(25)21-13/h1-5,12-15,24H,6-10H2,(H2,20,26)(H,21,25)(H,22,27)/t12?,13-,14-,15-/m0/s1. The Balaban J connectivity index is 1.78. The van der Waals surface area contributed by atoms with Gasteiger partial charge in [-0.1, -0.05) is 30.3 Å². The zero-order valence-corrected chi connectivity index (χ0v) is 15.3. The van der Waals surface area contributed by atoms with Gasteiger partial charge in [0.05, 0.1) is 6.10 Å². The first-order valence-electron chi connectivity index (χ1n) is 9.26. The molecule has 150 valence electrons. The Morgan fingerprint density at radius 1 is 1.29 bits per heavy atom. The number of carbonyl (C=O) groups excluding carboxylic acids is 4. The fourth-order valence-corrected chi connectivity index (χ4v) is 3.66. The predicted octanol–water partition coefficient (Wildman–Crippen LogP) is -1.56. The van der Waals surface area contributed by atoms with E-state index in [-0.39, 0.29) is 31.7 Å². The van der Waals surface area contributed by atoms with Crippen molar-refractivity contribution in [3.63, 3.8) is 0 Å². The highest BCUT2D eigenvalue weighted by atomic mass is 16.3. The molecule has 0 bridgehead atoms. The number of carbonyl (C=O) groups is 4. The number of nitrogens with zero attached hydrogens (tertiary/aromatic N) is 1. The zero-order valence-electron chi connectivity index (χ0n) is 15.3. The van der Waals surface area contributed by atoms with Gasteiger partial charge >= 0.3 is 0 Å². The van der Waals surface area contributed by atoms with Gasteiger partial charge in [0.1, 0.15) is 18.1 Å². The zero-order chi connectivity index (χ0) is 20.3. The van der Waals surface area contributed by atoms with Gasteiger partial charge in [-0.3, -0.25) is 19.2 Å². The van der Waals surface area contributed by atoms with Crippen molar-refractivity contribution in [3.05, 3.63) is 35.9 Å². The molecule has 28 heavy (non-hydrogen) atoms. The van der Waals surface area contributed by atoms with Crippen molar-refractivity contribution >= 4 is 23.6 Å². The number of β-amino-alcohol motifs (C(OH)–C–C–N with tert-alkyl or cyclic N) is 1.